The van der Waals surface area contributed by atoms with Gasteiger partial charge in [-0.3, -0.25) is 9.59 Å². The molecule has 0 bridgehead atoms. The molecule has 3 aromatic rings. The molecule has 0 aliphatic rings. The van der Waals surface area contributed by atoms with Gasteiger partial charge in [0, 0.05) is 19.8 Å². The number of carbonyl (C=O) groups excluding carboxylic acids is 2. The predicted molar refractivity (Wildman–Crippen MR) is 115 cm³/mol. The quantitative estimate of drug-likeness (QED) is 0.495. The third-order valence-electron chi connectivity index (χ3n) is 3.95. The van der Waals surface area contributed by atoms with Crippen molar-refractivity contribution in [2.45, 2.75) is 0 Å². The lowest BCUT2D eigenvalue weighted by molar-refractivity contribution is 0.0956. The average Bonchev–Trinajstić information content (AvgIpc) is 3.24. The van der Waals surface area contributed by atoms with Gasteiger partial charge in [-0.1, -0.05) is 30.3 Å². The summed E-state index contributed by atoms with van der Waals surface area (Å²) in [4.78, 5) is 27.3. The summed E-state index contributed by atoms with van der Waals surface area (Å²) < 4.78 is 0. The van der Waals surface area contributed by atoms with Gasteiger partial charge >= 0.3 is 0 Å². The van der Waals surface area contributed by atoms with Crippen LogP contribution in [0.15, 0.2) is 71.1 Å². The zero-order valence-corrected chi connectivity index (χ0v) is 16.4. The van der Waals surface area contributed by atoms with Gasteiger partial charge in [-0.05, 0) is 41.3 Å². The van der Waals surface area contributed by atoms with E-state index in [-0.39, 0.29) is 5.91 Å². The van der Waals surface area contributed by atoms with Crippen LogP contribution in [-0.2, 0) is 0 Å². The van der Waals surface area contributed by atoms with E-state index >= 15 is 0 Å². The zero-order valence-electron chi connectivity index (χ0n) is 15.5. The van der Waals surface area contributed by atoms with E-state index in [0.29, 0.717) is 16.1 Å². The fraction of sp³-hybridized carbons (Fsp3) is 0.0952. The predicted octanol–water partition coefficient (Wildman–Crippen LogP) is 3.83. The number of nitrogens with one attached hydrogen (secondary N) is 2. The number of thiophene rings is 1. The Bertz CT molecular complexity index is 980. The van der Waals surface area contributed by atoms with Crippen molar-refractivity contribution in [1.29, 1.82) is 0 Å². The van der Waals surface area contributed by atoms with Crippen LogP contribution < -0.4 is 15.6 Å². The van der Waals surface area contributed by atoms with Gasteiger partial charge in [0.15, 0.2) is 0 Å². The lowest BCUT2D eigenvalue weighted by atomic mass is 10.1. The summed E-state index contributed by atoms with van der Waals surface area (Å²) in [5.41, 5.74) is 5.23. The minimum Gasteiger partial charge on any atom is -0.378 e. The molecule has 2 N–H and O–H groups in total. The number of nitrogens with zero attached hydrogens (tertiary/aromatic N) is 2. The summed E-state index contributed by atoms with van der Waals surface area (Å²) in [6.45, 7) is 0. The first-order valence-electron chi connectivity index (χ1n) is 8.59. The van der Waals surface area contributed by atoms with E-state index in [4.69, 9.17) is 0 Å². The van der Waals surface area contributed by atoms with Gasteiger partial charge in [0.1, 0.15) is 0 Å². The van der Waals surface area contributed by atoms with Crippen LogP contribution >= 0.6 is 11.3 Å². The second kappa shape index (κ2) is 8.96. The molecule has 142 valence electrons. The molecule has 2 amide bonds. The SMILES string of the molecule is CN(C)c1ccc(/C=N/NC(=O)c2ccccc2NC(=O)c2cccs2)cc1. The number of benzene rings is 2. The van der Waals surface area contributed by atoms with Crippen LogP contribution in [-0.4, -0.2) is 32.1 Å². The van der Waals surface area contributed by atoms with Crippen LogP contribution in [0.5, 0.6) is 0 Å². The van der Waals surface area contributed by atoms with E-state index in [0.717, 1.165) is 11.3 Å². The number of amides is 2. The molecule has 1 aromatic heterocycles. The van der Waals surface area contributed by atoms with Crippen LogP contribution in [0.1, 0.15) is 25.6 Å². The van der Waals surface area contributed by atoms with Crippen molar-refractivity contribution in [2.75, 3.05) is 24.3 Å². The second-order valence-corrected chi connectivity index (χ2v) is 7.11. The third-order valence-corrected chi connectivity index (χ3v) is 4.82. The number of hydrogen-bond acceptors (Lipinski definition) is 5. The Morgan fingerprint density at radius 3 is 2.39 bits per heavy atom. The maximum atomic E-state index is 12.5. The van der Waals surface area contributed by atoms with Gasteiger partial charge < -0.3 is 10.2 Å². The second-order valence-electron chi connectivity index (χ2n) is 6.16. The molecule has 7 heteroatoms. The van der Waals surface area contributed by atoms with Gasteiger partial charge in [-0.15, -0.1) is 11.3 Å². The monoisotopic (exact) mass is 392 g/mol. The number of anilines is 2. The smallest absolute Gasteiger partial charge is 0.273 e. The highest BCUT2D eigenvalue weighted by Crippen LogP contribution is 2.18. The summed E-state index contributed by atoms with van der Waals surface area (Å²) >= 11 is 1.34. The molecule has 0 spiro atoms. The fourth-order valence-electron chi connectivity index (χ4n) is 2.47. The molecule has 0 unspecified atom stereocenters. The molecule has 0 saturated carbocycles. The number of rotatable bonds is 6. The first kappa shape index (κ1) is 19.3. The molecule has 0 aliphatic carbocycles. The van der Waals surface area contributed by atoms with Gasteiger partial charge in [-0.25, -0.2) is 5.43 Å². The molecular weight excluding hydrogens is 372 g/mol. The highest BCUT2D eigenvalue weighted by Gasteiger charge is 2.14. The minimum absolute atomic E-state index is 0.250. The number of carbonyl (C=O) groups is 2. The van der Waals surface area contributed by atoms with E-state index in [1.165, 1.54) is 11.3 Å². The molecule has 2 aromatic carbocycles. The summed E-state index contributed by atoms with van der Waals surface area (Å²) in [5.74, 6) is -0.650. The Labute approximate surface area is 167 Å². The van der Waals surface area contributed by atoms with E-state index < -0.39 is 5.91 Å². The molecule has 0 fully saturated rings. The summed E-state index contributed by atoms with van der Waals surface area (Å²) in [7, 11) is 3.94. The first-order valence-corrected chi connectivity index (χ1v) is 9.47. The summed E-state index contributed by atoms with van der Waals surface area (Å²) in [6.07, 6.45) is 1.57. The highest BCUT2D eigenvalue weighted by molar-refractivity contribution is 7.12. The average molecular weight is 392 g/mol. The highest BCUT2D eigenvalue weighted by atomic mass is 32.1. The maximum Gasteiger partial charge on any atom is 0.273 e. The molecule has 0 atom stereocenters. The van der Waals surface area contributed by atoms with Crippen LogP contribution in [0.2, 0.25) is 0 Å². The molecule has 28 heavy (non-hydrogen) atoms. The first-order chi connectivity index (χ1) is 13.5. The van der Waals surface area contributed by atoms with Crippen LogP contribution in [0.25, 0.3) is 0 Å². The van der Waals surface area contributed by atoms with Crippen LogP contribution in [0.3, 0.4) is 0 Å². The summed E-state index contributed by atoms with van der Waals surface area (Å²) in [5, 5.41) is 8.61. The lowest BCUT2D eigenvalue weighted by Crippen LogP contribution is -2.21. The normalized spacial score (nSPS) is 10.6. The van der Waals surface area contributed by atoms with Gasteiger partial charge in [0.05, 0.1) is 22.3 Å². The maximum absolute atomic E-state index is 12.5. The minimum atomic E-state index is -0.400. The molecule has 0 aliphatic heterocycles. The molecule has 6 nitrogen and oxygen atoms in total. The standard InChI is InChI=1S/C21H20N4O2S/c1-25(2)16-11-9-15(10-12-16)14-22-24-20(26)17-6-3-4-7-18(17)23-21(27)19-8-5-13-28-19/h3-14H,1-2H3,(H,23,27)(H,24,26)/b22-14+. The lowest BCUT2D eigenvalue weighted by Gasteiger charge is -2.11. The Kier molecular flexibility index (Phi) is 6.18. The van der Waals surface area contributed by atoms with Crippen molar-refractivity contribution < 1.29 is 9.59 Å². The van der Waals surface area contributed by atoms with Gasteiger partial charge in [-0.2, -0.15) is 5.10 Å². The third kappa shape index (κ3) is 4.83. The molecular formula is C21H20N4O2S. The Balaban J connectivity index is 1.66. The number of hydrogen-bond donors (Lipinski definition) is 2. The van der Waals surface area contributed by atoms with E-state index in [9.17, 15) is 9.59 Å². The van der Waals surface area contributed by atoms with E-state index in [1.54, 1.807) is 42.6 Å². The number of para-hydroxylation sites is 1. The molecule has 1 heterocycles. The van der Waals surface area contributed by atoms with Crippen molar-refractivity contribution in [3.8, 4) is 0 Å². The topological polar surface area (TPSA) is 73.8 Å². The summed E-state index contributed by atoms with van der Waals surface area (Å²) in [6, 6.07) is 18.1. The Hall–Kier alpha value is -3.45. The molecule has 0 saturated heterocycles. The van der Waals surface area contributed by atoms with Crippen LogP contribution in [0.4, 0.5) is 11.4 Å². The fourth-order valence-corrected chi connectivity index (χ4v) is 3.08. The Morgan fingerprint density at radius 2 is 1.71 bits per heavy atom. The van der Waals surface area contributed by atoms with Gasteiger partial charge in [0.25, 0.3) is 11.8 Å². The Morgan fingerprint density at radius 1 is 0.964 bits per heavy atom. The van der Waals surface area contributed by atoms with Crippen molar-refractivity contribution in [3.05, 3.63) is 82.0 Å². The zero-order chi connectivity index (χ0) is 19.9. The van der Waals surface area contributed by atoms with Crippen molar-refractivity contribution >= 4 is 40.7 Å². The van der Waals surface area contributed by atoms with E-state index in [2.05, 4.69) is 15.8 Å². The van der Waals surface area contributed by atoms with Crippen LogP contribution in [0, 0.1) is 0 Å². The van der Waals surface area contributed by atoms with Crippen molar-refractivity contribution in [1.82, 2.24) is 5.43 Å². The van der Waals surface area contributed by atoms with E-state index in [1.807, 2.05) is 48.6 Å². The number of hydrazone groups is 1. The largest absolute Gasteiger partial charge is 0.378 e. The van der Waals surface area contributed by atoms with Gasteiger partial charge in [0.2, 0.25) is 0 Å². The molecule has 3 rings (SSSR count). The molecule has 0 radical (unpaired) electrons. The van der Waals surface area contributed by atoms with Crippen molar-refractivity contribution in [3.63, 3.8) is 0 Å². The van der Waals surface area contributed by atoms with Crippen molar-refractivity contribution in [2.24, 2.45) is 5.10 Å².